The number of nitrogens with zero attached hydrogens (tertiary/aromatic N) is 1. The molecular weight excluding hydrogens is 396 g/mol. The van der Waals surface area contributed by atoms with Crippen LogP contribution in [0.15, 0.2) is 0 Å². The second-order valence-corrected chi connectivity index (χ2v) is 7.85. The van der Waals surface area contributed by atoms with E-state index in [-0.39, 0.29) is 36.8 Å². The minimum atomic E-state index is -0.491. The highest BCUT2D eigenvalue weighted by molar-refractivity contribution is 5.74. The van der Waals surface area contributed by atoms with Crippen LogP contribution in [-0.4, -0.2) is 94.5 Å². The zero-order chi connectivity index (χ0) is 21.3. The lowest BCUT2D eigenvalue weighted by Crippen LogP contribution is -2.52. The van der Waals surface area contributed by atoms with Gasteiger partial charge in [0.2, 0.25) is 0 Å². The molecule has 3 aliphatic rings. The topological polar surface area (TPSA) is 127 Å². The SMILES string of the molecule is CNC(=O)N1CCOC(CNC(=O)OC2CCC(CNC(=O)OC3CCOC3)C2)C1. The van der Waals surface area contributed by atoms with Gasteiger partial charge in [0, 0.05) is 33.1 Å². The highest BCUT2D eigenvalue weighted by Crippen LogP contribution is 2.27. The number of rotatable bonds is 6. The van der Waals surface area contributed by atoms with Gasteiger partial charge in [-0.3, -0.25) is 0 Å². The Labute approximate surface area is 176 Å². The maximum Gasteiger partial charge on any atom is 0.407 e. The van der Waals surface area contributed by atoms with Crippen molar-refractivity contribution in [2.75, 3.05) is 53.0 Å². The fraction of sp³-hybridized carbons (Fsp3) is 0.842. The number of ether oxygens (including phenoxy) is 4. The summed E-state index contributed by atoms with van der Waals surface area (Å²) in [5.41, 5.74) is 0. The molecule has 11 nitrogen and oxygen atoms in total. The van der Waals surface area contributed by atoms with Crippen LogP contribution in [0.3, 0.4) is 0 Å². The summed E-state index contributed by atoms with van der Waals surface area (Å²) >= 11 is 0. The first-order valence-electron chi connectivity index (χ1n) is 10.6. The fourth-order valence-corrected chi connectivity index (χ4v) is 3.92. The average molecular weight is 428 g/mol. The van der Waals surface area contributed by atoms with Crippen LogP contribution in [-0.2, 0) is 18.9 Å². The highest BCUT2D eigenvalue weighted by atomic mass is 16.6. The molecule has 4 unspecified atom stereocenters. The minimum absolute atomic E-state index is 0.156. The number of hydrogen-bond acceptors (Lipinski definition) is 7. The molecular formula is C19H32N4O7. The Morgan fingerprint density at radius 2 is 1.77 bits per heavy atom. The third-order valence-corrected chi connectivity index (χ3v) is 5.58. The summed E-state index contributed by atoms with van der Waals surface area (Å²) in [6.07, 6.45) is 1.55. The molecule has 2 heterocycles. The van der Waals surface area contributed by atoms with Crippen LogP contribution in [0, 0.1) is 5.92 Å². The predicted octanol–water partition coefficient (Wildman–Crippen LogP) is 0.437. The van der Waals surface area contributed by atoms with Gasteiger partial charge in [-0.25, -0.2) is 14.4 Å². The largest absolute Gasteiger partial charge is 0.446 e. The van der Waals surface area contributed by atoms with Crippen molar-refractivity contribution < 1.29 is 33.3 Å². The molecule has 0 radical (unpaired) electrons. The lowest BCUT2D eigenvalue weighted by Gasteiger charge is -2.32. The van der Waals surface area contributed by atoms with E-state index in [9.17, 15) is 14.4 Å². The molecule has 2 saturated heterocycles. The van der Waals surface area contributed by atoms with Gasteiger partial charge in [-0.05, 0) is 25.2 Å². The molecule has 0 aromatic heterocycles. The lowest BCUT2D eigenvalue weighted by atomic mass is 10.1. The van der Waals surface area contributed by atoms with Crippen molar-refractivity contribution in [1.82, 2.24) is 20.9 Å². The van der Waals surface area contributed by atoms with Crippen LogP contribution < -0.4 is 16.0 Å². The molecule has 0 bridgehead atoms. The van der Waals surface area contributed by atoms with E-state index < -0.39 is 12.2 Å². The smallest absolute Gasteiger partial charge is 0.407 e. The number of urea groups is 1. The van der Waals surface area contributed by atoms with Crippen LogP contribution >= 0.6 is 0 Å². The Balaban J connectivity index is 1.28. The van der Waals surface area contributed by atoms with Gasteiger partial charge in [0.25, 0.3) is 0 Å². The number of hydrogen-bond donors (Lipinski definition) is 3. The molecule has 4 amide bonds. The van der Waals surface area contributed by atoms with Gasteiger partial charge in [-0.1, -0.05) is 0 Å². The maximum absolute atomic E-state index is 12.1. The first-order valence-corrected chi connectivity index (χ1v) is 10.6. The Bertz CT molecular complexity index is 599. The van der Waals surface area contributed by atoms with Crippen molar-refractivity contribution in [3.63, 3.8) is 0 Å². The summed E-state index contributed by atoms with van der Waals surface area (Å²) in [6, 6.07) is -0.156. The monoisotopic (exact) mass is 428 g/mol. The van der Waals surface area contributed by atoms with E-state index in [1.165, 1.54) is 0 Å². The lowest BCUT2D eigenvalue weighted by molar-refractivity contribution is -0.0132. The maximum atomic E-state index is 12.1. The van der Waals surface area contributed by atoms with Gasteiger partial charge in [0.15, 0.2) is 0 Å². The summed E-state index contributed by atoms with van der Waals surface area (Å²) < 4.78 is 21.5. The van der Waals surface area contributed by atoms with Crippen molar-refractivity contribution >= 4 is 18.2 Å². The Morgan fingerprint density at radius 3 is 2.50 bits per heavy atom. The van der Waals surface area contributed by atoms with Crippen molar-refractivity contribution in [2.45, 2.75) is 44.0 Å². The first-order chi connectivity index (χ1) is 14.5. The molecule has 1 saturated carbocycles. The molecule has 3 N–H and O–H groups in total. The van der Waals surface area contributed by atoms with Crippen LogP contribution in [0.25, 0.3) is 0 Å². The Kier molecular flexibility index (Phi) is 8.38. The molecule has 0 aromatic carbocycles. The quantitative estimate of drug-likeness (QED) is 0.560. The van der Waals surface area contributed by atoms with E-state index in [2.05, 4.69) is 16.0 Å². The average Bonchev–Trinajstić information content (AvgIpc) is 3.42. The third kappa shape index (κ3) is 6.91. The Hall–Kier alpha value is -2.27. The molecule has 3 rings (SSSR count). The summed E-state index contributed by atoms with van der Waals surface area (Å²) in [6.45, 7) is 3.24. The van der Waals surface area contributed by atoms with E-state index in [0.717, 1.165) is 19.3 Å². The molecule has 2 aliphatic heterocycles. The predicted molar refractivity (Wildman–Crippen MR) is 105 cm³/mol. The second-order valence-electron chi connectivity index (χ2n) is 7.85. The second kappa shape index (κ2) is 11.2. The molecule has 3 fully saturated rings. The van der Waals surface area contributed by atoms with E-state index in [4.69, 9.17) is 18.9 Å². The molecule has 11 heteroatoms. The Morgan fingerprint density at radius 1 is 1.00 bits per heavy atom. The van der Waals surface area contributed by atoms with Crippen LogP contribution in [0.4, 0.5) is 14.4 Å². The van der Waals surface area contributed by atoms with E-state index in [0.29, 0.717) is 45.9 Å². The molecule has 1 aliphatic carbocycles. The van der Waals surface area contributed by atoms with Gasteiger partial charge < -0.3 is 39.8 Å². The number of amides is 4. The van der Waals surface area contributed by atoms with Crippen LogP contribution in [0.1, 0.15) is 25.7 Å². The number of morpholine rings is 1. The number of carbonyl (C=O) groups is 3. The van der Waals surface area contributed by atoms with E-state index >= 15 is 0 Å². The van der Waals surface area contributed by atoms with Crippen molar-refractivity contribution in [2.24, 2.45) is 5.92 Å². The van der Waals surface area contributed by atoms with Gasteiger partial charge in [0.05, 0.1) is 32.5 Å². The summed E-state index contributed by atoms with van der Waals surface area (Å²) in [7, 11) is 1.58. The zero-order valence-corrected chi connectivity index (χ0v) is 17.4. The highest BCUT2D eigenvalue weighted by Gasteiger charge is 2.29. The molecule has 30 heavy (non-hydrogen) atoms. The summed E-state index contributed by atoms with van der Waals surface area (Å²) in [5, 5.41) is 8.09. The third-order valence-electron chi connectivity index (χ3n) is 5.58. The number of carbonyl (C=O) groups excluding carboxylic acids is 3. The van der Waals surface area contributed by atoms with Crippen molar-refractivity contribution in [3.8, 4) is 0 Å². The number of alkyl carbamates (subject to hydrolysis) is 2. The van der Waals surface area contributed by atoms with Gasteiger partial charge in [-0.2, -0.15) is 0 Å². The molecule has 4 atom stereocenters. The molecule has 170 valence electrons. The zero-order valence-electron chi connectivity index (χ0n) is 17.4. The summed E-state index contributed by atoms with van der Waals surface area (Å²) in [5.74, 6) is 0.248. The molecule has 0 spiro atoms. The first kappa shape index (κ1) is 22.4. The van der Waals surface area contributed by atoms with Crippen molar-refractivity contribution in [3.05, 3.63) is 0 Å². The van der Waals surface area contributed by atoms with Crippen molar-refractivity contribution in [1.29, 1.82) is 0 Å². The molecule has 0 aromatic rings. The van der Waals surface area contributed by atoms with E-state index in [1.807, 2.05) is 0 Å². The standard InChI is InChI=1S/C19H32N4O7/c1-20-17(24)23-5-7-28-16(11-23)10-22-19(26)29-14-3-2-13(8-14)9-21-18(25)30-15-4-6-27-12-15/h13-16H,2-12H2,1H3,(H,20,24)(H,21,25)(H,22,26). The normalized spacial score (nSPS) is 28.6. The van der Waals surface area contributed by atoms with Gasteiger partial charge >= 0.3 is 18.2 Å². The fourth-order valence-electron chi connectivity index (χ4n) is 3.92. The number of nitrogens with one attached hydrogen (secondary N) is 3. The minimum Gasteiger partial charge on any atom is -0.446 e. The van der Waals surface area contributed by atoms with Crippen LogP contribution in [0.5, 0.6) is 0 Å². The van der Waals surface area contributed by atoms with E-state index in [1.54, 1.807) is 11.9 Å². The van der Waals surface area contributed by atoms with Gasteiger partial charge in [-0.15, -0.1) is 0 Å². The summed E-state index contributed by atoms with van der Waals surface area (Å²) in [4.78, 5) is 37.3. The van der Waals surface area contributed by atoms with Crippen LogP contribution in [0.2, 0.25) is 0 Å². The van der Waals surface area contributed by atoms with Gasteiger partial charge in [0.1, 0.15) is 12.2 Å².